The third kappa shape index (κ3) is 3.15. The summed E-state index contributed by atoms with van der Waals surface area (Å²) >= 11 is 6.27. The Balaban J connectivity index is 2.13. The van der Waals surface area contributed by atoms with Gasteiger partial charge >= 0.3 is 0 Å². The van der Waals surface area contributed by atoms with Crippen molar-refractivity contribution in [2.45, 2.75) is 0 Å². The van der Waals surface area contributed by atoms with Gasteiger partial charge in [-0.05, 0) is 29.8 Å². The molecule has 0 bridgehead atoms. The molecule has 1 aromatic heterocycles. The molecule has 0 saturated heterocycles. The minimum atomic E-state index is 0.530. The number of halogens is 1. The maximum absolute atomic E-state index is 6.27. The van der Waals surface area contributed by atoms with Crippen molar-refractivity contribution < 1.29 is 18.9 Å². The predicted molar refractivity (Wildman–Crippen MR) is 101 cm³/mol. The van der Waals surface area contributed by atoms with E-state index >= 15 is 0 Å². The van der Waals surface area contributed by atoms with E-state index in [9.17, 15) is 0 Å². The summed E-state index contributed by atoms with van der Waals surface area (Å²) in [4.78, 5) is 0. The summed E-state index contributed by atoms with van der Waals surface area (Å²) in [5, 5.41) is 7.75. The van der Waals surface area contributed by atoms with Crippen LogP contribution < -0.4 is 18.9 Å². The van der Waals surface area contributed by atoms with E-state index in [0.717, 1.165) is 22.4 Å². The van der Waals surface area contributed by atoms with Crippen LogP contribution in [-0.2, 0) is 0 Å². The van der Waals surface area contributed by atoms with Gasteiger partial charge in [0.1, 0.15) is 5.75 Å². The fourth-order valence-corrected chi connectivity index (χ4v) is 3.04. The Morgan fingerprint density at radius 2 is 1.46 bits per heavy atom. The SMILES string of the molecule is COc1ccc(-c2cn[nH]c2-c2cc(OC)c(OC)c(OC)c2)cc1Cl. The second-order valence-corrected chi connectivity index (χ2v) is 5.83. The first kappa shape index (κ1) is 17.9. The van der Waals surface area contributed by atoms with Crippen LogP contribution in [0.5, 0.6) is 23.0 Å². The van der Waals surface area contributed by atoms with Gasteiger partial charge in [0.2, 0.25) is 5.75 Å². The quantitative estimate of drug-likeness (QED) is 0.691. The average molecular weight is 375 g/mol. The highest BCUT2D eigenvalue weighted by Gasteiger charge is 2.18. The Hall–Kier alpha value is -2.86. The van der Waals surface area contributed by atoms with E-state index in [2.05, 4.69) is 10.2 Å². The second-order valence-electron chi connectivity index (χ2n) is 5.42. The molecule has 6 nitrogen and oxygen atoms in total. The zero-order valence-corrected chi connectivity index (χ0v) is 15.7. The second kappa shape index (κ2) is 7.58. The number of hydrogen-bond donors (Lipinski definition) is 1. The lowest BCUT2D eigenvalue weighted by Gasteiger charge is -2.14. The first-order chi connectivity index (χ1) is 12.6. The van der Waals surface area contributed by atoms with Crippen LogP contribution in [0.3, 0.4) is 0 Å². The number of methoxy groups -OCH3 is 4. The van der Waals surface area contributed by atoms with Gasteiger partial charge in [0.25, 0.3) is 0 Å². The molecule has 1 heterocycles. The highest BCUT2D eigenvalue weighted by Crippen LogP contribution is 2.43. The molecule has 7 heteroatoms. The smallest absolute Gasteiger partial charge is 0.203 e. The lowest BCUT2D eigenvalue weighted by molar-refractivity contribution is 0.324. The normalized spacial score (nSPS) is 10.5. The molecule has 0 amide bonds. The largest absolute Gasteiger partial charge is 0.495 e. The van der Waals surface area contributed by atoms with E-state index in [-0.39, 0.29) is 0 Å². The highest BCUT2D eigenvalue weighted by molar-refractivity contribution is 6.32. The van der Waals surface area contributed by atoms with Crippen molar-refractivity contribution in [1.82, 2.24) is 10.2 Å². The van der Waals surface area contributed by atoms with Gasteiger partial charge < -0.3 is 18.9 Å². The Bertz CT molecular complexity index is 899. The van der Waals surface area contributed by atoms with Gasteiger partial charge in [0, 0.05) is 11.1 Å². The van der Waals surface area contributed by atoms with Crippen molar-refractivity contribution in [3.8, 4) is 45.4 Å². The predicted octanol–water partition coefficient (Wildman–Crippen LogP) is 4.43. The first-order valence-electron chi connectivity index (χ1n) is 7.80. The Kier molecular flexibility index (Phi) is 5.23. The number of aromatic nitrogens is 2. The molecule has 0 aliphatic heterocycles. The van der Waals surface area contributed by atoms with E-state index in [4.69, 9.17) is 30.5 Å². The van der Waals surface area contributed by atoms with Crippen molar-refractivity contribution in [1.29, 1.82) is 0 Å². The standard InChI is InChI=1S/C19H19ClN2O4/c1-23-15-6-5-11(7-14(15)20)13-10-21-22-18(13)12-8-16(24-2)19(26-4)17(9-12)25-3/h5-10H,1-4H3,(H,21,22). The molecule has 3 rings (SSSR count). The summed E-state index contributed by atoms with van der Waals surface area (Å²) < 4.78 is 21.5. The molecule has 1 N–H and O–H groups in total. The molecule has 2 aromatic carbocycles. The molecule has 0 atom stereocenters. The van der Waals surface area contributed by atoms with Crippen LogP contribution in [0.1, 0.15) is 0 Å². The number of nitrogens with zero attached hydrogens (tertiary/aromatic N) is 1. The summed E-state index contributed by atoms with van der Waals surface area (Å²) in [6, 6.07) is 9.32. The third-order valence-electron chi connectivity index (χ3n) is 4.06. The fraction of sp³-hybridized carbons (Fsp3) is 0.211. The molecule has 0 fully saturated rings. The molecule has 136 valence electrons. The molecule has 0 spiro atoms. The topological polar surface area (TPSA) is 65.6 Å². The fourth-order valence-electron chi connectivity index (χ4n) is 2.78. The van der Waals surface area contributed by atoms with Gasteiger partial charge in [0.15, 0.2) is 11.5 Å². The maximum atomic E-state index is 6.27. The Labute approximate surface area is 156 Å². The van der Waals surface area contributed by atoms with Gasteiger partial charge in [-0.15, -0.1) is 0 Å². The summed E-state index contributed by atoms with van der Waals surface area (Å²) in [5.41, 5.74) is 3.46. The van der Waals surface area contributed by atoms with Crippen LogP contribution >= 0.6 is 11.6 Å². The van der Waals surface area contributed by atoms with E-state index in [1.807, 2.05) is 30.3 Å². The molecule has 0 unspecified atom stereocenters. The molecule has 0 saturated carbocycles. The van der Waals surface area contributed by atoms with Crippen molar-refractivity contribution in [3.63, 3.8) is 0 Å². The van der Waals surface area contributed by atoms with E-state index < -0.39 is 0 Å². The summed E-state index contributed by atoms with van der Waals surface area (Å²) in [5.74, 6) is 2.28. The van der Waals surface area contributed by atoms with Gasteiger partial charge in [0.05, 0.1) is 45.4 Å². The highest BCUT2D eigenvalue weighted by atomic mass is 35.5. The van der Waals surface area contributed by atoms with Crippen molar-refractivity contribution in [2.75, 3.05) is 28.4 Å². The summed E-state index contributed by atoms with van der Waals surface area (Å²) in [6.07, 6.45) is 1.75. The summed E-state index contributed by atoms with van der Waals surface area (Å²) in [6.45, 7) is 0. The zero-order chi connectivity index (χ0) is 18.7. The van der Waals surface area contributed by atoms with Crippen LogP contribution in [0, 0.1) is 0 Å². The van der Waals surface area contributed by atoms with Gasteiger partial charge in [-0.2, -0.15) is 5.10 Å². The number of H-pyrrole nitrogens is 1. The van der Waals surface area contributed by atoms with Crippen molar-refractivity contribution in [2.24, 2.45) is 0 Å². The van der Waals surface area contributed by atoms with E-state index in [0.29, 0.717) is 28.0 Å². The van der Waals surface area contributed by atoms with Crippen molar-refractivity contribution >= 4 is 11.6 Å². The van der Waals surface area contributed by atoms with Crippen LogP contribution in [0.4, 0.5) is 0 Å². The minimum Gasteiger partial charge on any atom is -0.495 e. The van der Waals surface area contributed by atoms with Gasteiger partial charge in [-0.25, -0.2) is 0 Å². The lowest BCUT2D eigenvalue weighted by Crippen LogP contribution is -1.96. The number of rotatable bonds is 6. The monoisotopic (exact) mass is 374 g/mol. The zero-order valence-electron chi connectivity index (χ0n) is 14.9. The molecule has 0 radical (unpaired) electrons. The van der Waals surface area contributed by atoms with Crippen LogP contribution in [0.25, 0.3) is 22.4 Å². The Morgan fingerprint density at radius 3 is 2.00 bits per heavy atom. The number of nitrogens with one attached hydrogen (secondary N) is 1. The number of benzene rings is 2. The van der Waals surface area contributed by atoms with Gasteiger partial charge in [-0.1, -0.05) is 17.7 Å². The molecule has 0 aliphatic rings. The van der Waals surface area contributed by atoms with Crippen LogP contribution in [0.15, 0.2) is 36.5 Å². The maximum Gasteiger partial charge on any atom is 0.203 e. The first-order valence-corrected chi connectivity index (χ1v) is 8.18. The Morgan fingerprint density at radius 1 is 0.808 bits per heavy atom. The molecule has 0 aliphatic carbocycles. The lowest BCUT2D eigenvalue weighted by atomic mass is 10.0. The molecule has 26 heavy (non-hydrogen) atoms. The molecule has 3 aromatic rings. The molecular formula is C19H19ClN2O4. The minimum absolute atomic E-state index is 0.530. The number of aromatic amines is 1. The van der Waals surface area contributed by atoms with E-state index in [1.54, 1.807) is 34.6 Å². The average Bonchev–Trinajstić information content (AvgIpc) is 3.16. The summed E-state index contributed by atoms with van der Waals surface area (Å²) in [7, 11) is 6.32. The number of hydrogen-bond acceptors (Lipinski definition) is 5. The van der Waals surface area contributed by atoms with E-state index in [1.165, 1.54) is 0 Å². The molecular weight excluding hydrogens is 356 g/mol. The number of ether oxygens (including phenoxy) is 4. The van der Waals surface area contributed by atoms with Gasteiger partial charge in [-0.3, -0.25) is 5.10 Å². The third-order valence-corrected chi connectivity index (χ3v) is 4.35. The van der Waals surface area contributed by atoms with Crippen LogP contribution in [0.2, 0.25) is 5.02 Å². The van der Waals surface area contributed by atoms with Crippen molar-refractivity contribution in [3.05, 3.63) is 41.6 Å². The van der Waals surface area contributed by atoms with Crippen LogP contribution in [-0.4, -0.2) is 38.6 Å².